The van der Waals surface area contributed by atoms with Crippen molar-refractivity contribution in [3.63, 3.8) is 0 Å². The molecule has 1 fully saturated rings. The summed E-state index contributed by atoms with van der Waals surface area (Å²) in [5, 5.41) is 2.96. The van der Waals surface area contributed by atoms with Gasteiger partial charge in [0.2, 0.25) is 0 Å². The molecule has 1 amide bonds. The Labute approximate surface area is 162 Å². The second kappa shape index (κ2) is 7.24. The number of hydrogen-bond acceptors (Lipinski definition) is 3. The first-order chi connectivity index (χ1) is 13.0. The normalized spacial score (nSPS) is 14.8. The first-order valence-electron chi connectivity index (χ1n) is 9.14. The van der Waals surface area contributed by atoms with Gasteiger partial charge in [-0.1, -0.05) is 30.3 Å². The van der Waals surface area contributed by atoms with Gasteiger partial charge in [0.05, 0.1) is 6.04 Å². The van der Waals surface area contributed by atoms with E-state index in [1.54, 1.807) is 23.5 Å². The molecule has 0 saturated heterocycles. The highest BCUT2D eigenvalue weighted by atomic mass is 32.1. The summed E-state index contributed by atoms with van der Waals surface area (Å²) in [4.78, 5) is 19.5. The van der Waals surface area contributed by atoms with Crippen LogP contribution >= 0.6 is 11.3 Å². The third kappa shape index (κ3) is 3.65. The average molecular weight is 380 g/mol. The lowest BCUT2D eigenvalue weighted by Gasteiger charge is -2.30. The van der Waals surface area contributed by atoms with Crippen molar-refractivity contribution in [1.29, 1.82) is 0 Å². The van der Waals surface area contributed by atoms with E-state index in [1.165, 1.54) is 6.07 Å². The third-order valence-electron chi connectivity index (χ3n) is 4.95. The van der Waals surface area contributed by atoms with E-state index in [9.17, 15) is 9.18 Å². The van der Waals surface area contributed by atoms with Gasteiger partial charge >= 0.3 is 0 Å². The molecule has 0 aliphatic heterocycles. The van der Waals surface area contributed by atoms with Crippen molar-refractivity contribution >= 4 is 17.2 Å². The van der Waals surface area contributed by atoms with Crippen molar-refractivity contribution in [3.8, 4) is 10.6 Å². The minimum atomic E-state index is -0.299. The van der Waals surface area contributed by atoms with Gasteiger partial charge in [0.15, 0.2) is 0 Å². The van der Waals surface area contributed by atoms with Crippen LogP contribution < -0.4 is 0 Å². The van der Waals surface area contributed by atoms with Crippen molar-refractivity contribution < 1.29 is 9.18 Å². The van der Waals surface area contributed by atoms with E-state index in [4.69, 9.17) is 0 Å². The SMILES string of the molecule is Cc1csc(-c2ccc(C(=O)N(C3CC3)C(C)c3ccccc3F)cc2)n1. The van der Waals surface area contributed by atoms with Gasteiger partial charge in [-0.15, -0.1) is 11.3 Å². The molecule has 1 unspecified atom stereocenters. The van der Waals surface area contributed by atoms with Crippen LogP contribution in [0.15, 0.2) is 53.9 Å². The van der Waals surface area contributed by atoms with E-state index in [0.29, 0.717) is 11.1 Å². The zero-order valence-corrected chi connectivity index (χ0v) is 16.2. The lowest BCUT2D eigenvalue weighted by Crippen LogP contribution is -2.36. The molecule has 1 atom stereocenters. The second-order valence-electron chi connectivity index (χ2n) is 7.01. The van der Waals surface area contributed by atoms with Gasteiger partial charge in [0, 0.05) is 33.8 Å². The molecule has 4 rings (SSSR count). The number of rotatable bonds is 5. The molecule has 2 aromatic carbocycles. The van der Waals surface area contributed by atoms with Crippen LogP contribution in [0.3, 0.4) is 0 Å². The summed E-state index contributed by atoms with van der Waals surface area (Å²) < 4.78 is 14.2. The monoisotopic (exact) mass is 380 g/mol. The highest BCUT2D eigenvalue weighted by Crippen LogP contribution is 2.36. The van der Waals surface area contributed by atoms with Crippen LogP contribution in [0.25, 0.3) is 10.6 Å². The Morgan fingerprint density at radius 1 is 1.19 bits per heavy atom. The number of carbonyl (C=O) groups excluding carboxylic acids is 1. The van der Waals surface area contributed by atoms with Gasteiger partial charge in [-0.3, -0.25) is 4.79 Å². The quantitative estimate of drug-likeness (QED) is 0.575. The van der Waals surface area contributed by atoms with Crippen LogP contribution in [-0.4, -0.2) is 21.8 Å². The van der Waals surface area contributed by atoms with Crippen LogP contribution in [0.2, 0.25) is 0 Å². The molecule has 0 spiro atoms. The van der Waals surface area contributed by atoms with Crippen molar-refractivity contribution in [2.24, 2.45) is 0 Å². The number of aromatic nitrogens is 1. The molecule has 1 aliphatic rings. The summed E-state index contributed by atoms with van der Waals surface area (Å²) >= 11 is 1.59. The first-order valence-corrected chi connectivity index (χ1v) is 10.0. The standard InChI is InChI=1S/C22H21FN2OS/c1-14-13-27-21(24-14)16-7-9-17(10-8-16)22(26)25(18-11-12-18)15(2)19-5-3-4-6-20(19)23/h3-10,13,15,18H,11-12H2,1-2H3. The van der Waals surface area contributed by atoms with Gasteiger partial charge < -0.3 is 4.90 Å². The van der Waals surface area contributed by atoms with Gasteiger partial charge in [0.1, 0.15) is 10.8 Å². The Hall–Kier alpha value is -2.53. The zero-order valence-electron chi connectivity index (χ0n) is 15.4. The molecule has 0 radical (unpaired) electrons. The summed E-state index contributed by atoms with van der Waals surface area (Å²) in [7, 11) is 0. The maximum atomic E-state index is 14.2. The maximum absolute atomic E-state index is 14.2. The van der Waals surface area contributed by atoms with E-state index in [0.717, 1.165) is 29.1 Å². The highest BCUT2D eigenvalue weighted by Gasteiger charge is 2.37. The molecule has 1 heterocycles. The number of hydrogen-bond donors (Lipinski definition) is 0. The fraction of sp³-hybridized carbons (Fsp3) is 0.273. The third-order valence-corrected chi connectivity index (χ3v) is 5.95. The number of amides is 1. The van der Waals surface area contributed by atoms with Crippen LogP contribution in [-0.2, 0) is 0 Å². The van der Waals surface area contributed by atoms with Crippen LogP contribution in [0.1, 0.15) is 47.4 Å². The molecule has 1 aliphatic carbocycles. The number of aryl methyl sites for hydroxylation is 1. The lowest BCUT2D eigenvalue weighted by molar-refractivity contribution is 0.0671. The molecular weight excluding hydrogens is 359 g/mol. The van der Waals surface area contributed by atoms with Crippen LogP contribution in [0.4, 0.5) is 4.39 Å². The predicted octanol–water partition coefficient (Wildman–Crippen LogP) is 5.62. The van der Waals surface area contributed by atoms with Crippen LogP contribution in [0, 0.1) is 12.7 Å². The number of benzene rings is 2. The van der Waals surface area contributed by atoms with Crippen molar-refractivity contribution in [3.05, 3.63) is 76.5 Å². The first kappa shape index (κ1) is 17.9. The molecule has 0 N–H and O–H groups in total. The number of carbonyl (C=O) groups is 1. The Morgan fingerprint density at radius 2 is 1.89 bits per heavy atom. The molecule has 3 nitrogen and oxygen atoms in total. The van der Waals surface area contributed by atoms with E-state index < -0.39 is 0 Å². The molecular formula is C22H21FN2OS. The Morgan fingerprint density at radius 3 is 2.48 bits per heavy atom. The minimum absolute atomic E-state index is 0.0462. The fourth-order valence-electron chi connectivity index (χ4n) is 3.37. The largest absolute Gasteiger partial charge is 0.329 e. The average Bonchev–Trinajstić information content (AvgIpc) is 3.41. The Kier molecular flexibility index (Phi) is 4.79. The van der Waals surface area contributed by atoms with E-state index in [-0.39, 0.29) is 23.8 Å². The molecule has 138 valence electrons. The zero-order chi connectivity index (χ0) is 19.0. The summed E-state index contributed by atoms with van der Waals surface area (Å²) in [6.07, 6.45) is 1.95. The van der Waals surface area contributed by atoms with Crippen molar-refractivity contribution in [2.45, 2.75) is 38.8 Å². The van der Waals surface area contributed by atoms with Gasteiger partial charge in [-0.05, 0) is 44.9 Å². The topological polar surface area (TPSA) is 33.2 Å². The maximum Gasteiger partial charge on any atom is 0.254 e. The van der Waals surface area contributed by atoms with E-state index in [1.807, 2.05) is 54.5 Å². The second-order valence-corrected chi connectivity index (χ2v) is 7.87. The molecule has 27 heavy (non-hydrogen) atoms. The van der Waals surface area contributed by atoms with E-state index in [2.05, 4.69) is 4.98 Å². The summed E-state index contributed by atoms with van der Waals surface area (Å²) in [6.45, 7) is 3.87. The summed E-state index contributed by atoms with van der Waals surface area (Å²) in [5.74, 6) is -0.312. The fourth-order valence-corrected chi connectivity index (χ4v) is 4.17. The molecule has 5 heteroatoms. The van der Waals surface area contributed by atoms with Gasteiger partial charge in [-0.25, -0.2) is 9.37 Å². The number of nitrogens with zero attached hydrogens (tertiary/aromatic N) is 2. The summed E-state index contributed by atoms with van der Waals surface area (Å²) in [6, 6.07) is 14.1. The Bertz CT molecular complexity index is 962. The minimum Gasteiger partial charge on any atom is -0.329 e. The molecule has 1 saturated carbocycles. The van der Waals surface area contributed by atoms with E-state index >= 15 is 0 Å². The van der Waals surface area contributed by atoms with Crippen molar-refractivity contribution in [1.82, 2.24) is 9.88 Å². The lowest BCUT2D eigenvalue weighted by atomic mass is 10.0. The van der Waals surface area contributed by atoms with Gasteiger partial charge in [0.25, 0.3) is 5.91 Å². The predicted molar refractivity (Wildman–Crippen MR) is 106 cm³/mol. The molecule has 0 bridgehead atoms. The van der Waals surface area contributed by atoms with Gasteiger partial charge in [-0.2, -0.15) is 0 Å². The number of thiazole rings is 1. The summed E-state index contributed by atoms with van der Waals surface area (Å²) in [5.41, 5.74) is 3.19. The molecule has 3 aromatic rings. The smallest absolute Gasteiger partial charge is 0.254 e. The Balaban J connectivity index is 1.60. The molecule has 1 aromatic heterocycles. The van der Waals surface area contributed by atoms with Crippen LogP contribution in [0.5, 0.6) is 0 Å². The highest BCUT2D eigenvalue weighted by molar-refractivity contribution is 7.13. The number of halogens is 1. The van der Waals surface area contributed by atoms with Crippen molar-refractivity contribution in [2.75, 3.05) is 0 Å².